The molecule has 0 radical (unpaired) electrons. The predicted molar refractivity (Wildman–Crippen MR) is 102 cm³/mol. The van der Waals surface area contributed by atoms with Gasteiger partial charge in [-0.05, 0) is 88.4 Å². The lowest BCUT2D eigenvalue weighted by atomic mass is 9.69. The van der Waals surface area contributed by atoms with E-state index in [1.54, 1.807) is 0 Å². The summed E-state index contributed by atoms with van der Waals surface area (Å²) in [6.45, 7) is 8.04. The van der Waals surface area contributed by atoms with Gasteiger partial charge in [0.1, 0.15) is 0 Å². The Kier molecular flexibility index (Phi) is 10.1. The van der Waals surface area contributed by atoms with Crippen molar-refractivity contribution in [2.75, 3.05) is 26.4 Å². The Morgan fingerprint density at radius 2 is 1.33 bits per heavy atom. The lowest BCUT2D eigenvalue weighted by Gasteiger charge is -2.37. The van der Waals surface area contributed by atoms with Gasteiger partial charge in [0.05, 0.1) is 6.61 Å². The molecule has 0 spiro atoms. The quantitative estimate of drug-likeness (QED) is 0.359. The van der Waals surface area contributed by atoms with E-state index in [0.29, 0.717) is 0 Å². The minimum absolute atomic E-state index is 0.792. The molecule has 2 heteroatoms. The van der Waals surface area contributed by atoms with Crippen LogP contribution in [0, 0.1) is 23.7 Å². The van der Waals surface area contributed by atoms with Crippen molar-refractivity contribution in [1.29, 1.82) is 0 Å². The molecule has 0 unspecified atom stereocenters. The Hall–Kier alpha value is -0.340. The van der Waals surface area contributed by atoms with Crippen LogP contribution in [0.15, 0.2) is 12.2 Å². The summed E-state index contributed by atoms with van der Waals surface area (Å²) in [6, 6.07) is 0. The zero-order chi connectivity index (χ0) is 17.0. The minimum atomic E-state index is 0.792. The van der Waals surface area contributed by atoms with Crippen molar-refractivity contribution >= 4 is 0 Å². The smallest absolute Gasteiger partial charge is 0.0647 e. The molecule has 0 N–H and O–H groups in total. The molecule has 0 heterocycles. The highest BCUT2D eigenvalue weighted by atomic mass is 16.5. The highest BCUT2D eigenvalue weighted by Crippen LogP contribution is 2.41. The number of hydrogen-bond acceptors (Lipinski definition) is 2. The van der Waals surface area contributed by atoms with Gasteiger partial charge in [0.2, 0.25) is 0 Å². The first-order valence-electron chi connectivity index (χ1n) is 10.6. The van der Waals surface area contributed by atoms with Crippen molar-refractivity contribution in [2.45, 2.75) is 78.1 Å². The fourth-order valence-corrected chi connectivity index (χ4v) is 4.55. The fraction of sp³-hybridized carbons (Fsp3) is 0.909. The Bertz CT molecular complexity index is 323. The fourth-order valence-electron chi connectivity index (χ4n) is 4.55. The van der Waals surface area contributed by atoms with Gasteiger partial charge in [0.25, 0.3) is 0 Å². The van der Waals surface area contributed by atoms with E-state index in [1.165, 1.54) is 64.2 Å². The van der Waals surface area contributed by atoms with E-state index in [2.05, 4.69) is 26.0 Å². The Morgan fingerprint density at radius 1 is 0.792 bits per heavy atom. The van der Waals surface area contributed by atoms with E-state index in [4.69, 9.17) is 9.47 Å². The van der Waals surface area contributed by atoms with E-state index in [1.807, 2.05) is 0 Å². The molecule has 0 aliphatic heterocycles. The second-order valence-electron chi connectivity index (χ2n) is 8.10. The summed E-state index contributed by atoms with van der Waals surface area (Å²) in [5.41, 5.74) is 0. The maximum Gasteiger partial charge on any atom is 0.0647 e. The van der Waals surface area contributed by atoms with E-state index < -0.39 is 0 Å². The first-order chi connectivity index (χ1) is 11.8. The molecule has 2 rings (SSSR count). The summed E-state index contributed by atoms with van der Waals surface area (Å²) in [6.07, 6.45) is 18.0. The van der Waals surface area contributed by atoms with Crippen molar-refractivity contribution in [3.8, 4) is 0 Å². The number of ether oxygens (including phenoxy) is 2. The molecule has 0 atom stereocenters. The maximum atomic E-state index is 5.84. The van der Waals surface area contributed by atoms with E-state index in [0.717, 1.165) is 50.1 Å². The standard InChI is InChI=1S/C22H40O2/c1-3-5-15-23-17-19-7-11-21(12-8-19)22-13-9-20(10-14-22)18-24-16-6-4-2/h3,5,19-22H,4,6-18H2,1-2H3/b5-3-/t19?,20-,21?,22-. The van der Waals surface area contributed by atoms with Gasteiger partial charge in [0, 0.05) is 19.8 Å². The van der Waals surface area contributed by atoms with Gasteiger partial charge < -0.3 is 9.47 Å². The van der Waals surface area contributed by atoms with Crippen molar-refractivity contribution < 1.29 is 9.47 Å². The Morgan fingerprint density at radius 3 is 1.83 bits per heavy atom. The summed E-state index contributed by atoms with van der Waals surface area (Å²) < 4.78 is 11.6. The third-order valence-electron chi connectivity index (χ3n) is 6.25. The molecule has 2 saturated carbocycles. The first kappa shape index (κ1) is 20.0. The van der Waals surface area contributed by atoms with Crippen molar-refractivity contribution in [2.24, 2.45) is 23.7 Å². The summed E-state index contributed by atoms with van der Waals surface area (Å²) in [4.78, 5) is 0. The van der Waals surface area contributed by atoms with E-state index in [-0.39, 0.29) is 0 Å². The molecule has 2 fully saturated rings. The van der Waals surface area contributed by atoms with Gasteiger partial charge >= 0.3 is 0 Å². The van der Waals surface area contributed by atoms with Crippen LogP contribution in [-0.2, 0) is 9.47 Å². The number of unbranched alkanes of at least 4 members (excludes halogenated alkanes) is 1. The number of allylic oxidation sites excluding steroid dienone is 1. The third-order valence-corrected chi connectivity index (χ3v) is 6.25. The molecule has 2 nitrogen and oxygen atoms in total. The highest BCUT2D eigenvalue weighted by molar-refractivity contribution is 4.82. The average molecular weight is 337 g/mol. The lowest BCUT2D eigenvalue weighted by Crippen LogP contribution is -2.28. The molecular weight excluding hydrogens is 296 g/mol. The largest absolute Gasteiger partial charge is 0.381 e. The second-order valence-corrected chi connectivity index (χ2v) is 8.10. The van der Waals surface area contributed by atoms with Crippen LogP contribution in [0.25, 0.3) is 0 Å². The molecular formula is C22H40O2. The van der Waals surface area contributed by atoms with Crippen LogP contribution in [-0.4, -0.2) is 26.4 Å². The summed E-state index contributed by atoms with van der Waals surface area (Å²) in [5, 5.41) is 0. The summed E-state index contributed by atoms with van der Waals surface area (Å²) >= 11 is 0. The molecule has 0 aromatic rings. The average Bonchev–Trinajstić information content (AvgIpc) is 2.64. The zero-order valence-corrected chi connectivity index (χ0v) is 16.2. The zero-order valence-electron chi connectivity index (χ0n) is 16.2. The van der Waals surface area contributed by atoms with Gasteiger partial charge in [-0.2, -0.15) is 0 Å². The van der Waals surface area contributed by atoms with Crippen LogP contribution in [0.2, 0.25) is 0 Å². The van der Waals surface area contributed by atoms with Crippen molar-refractivity contribution in [1.82, 2.24) is 0 Å². The van der Waals surface area contributed by atoms with Crippen LogP contribution < -0.4 is 0 Å². The molecule has 0 bridgehead atoms. The van der Waals surface area contributed by atoms with E-state index >= 15 is 0 Å². The Labute approximate surface area is 150 Å². The maximum absolute atomic E-state index is 5.84. The Balaban J connectivity index is 1.55. The van der Waals surface area contributed by atoms with E-state index in [9.17, 15) is 0 Å². The highest BCUT2D eigenvalue weighted by Gasteiger charge is 2.30. The van der Waals surface area contributed by atoms with Gasteiger partial charge in [0.15, 0.2) is 0 Å². The number of rotatable bonds is 10. The predicted octanol–water partition coefficient (Wildman–Crippen LogP) is 6.01. The van der Waals surface area contributed by atoms with Gasteiger partial charge in [-0.15, -0.1) is 0 Å². The third kappa shape index (κ3) is 7.27. The molecule has 0 saturated heterocycles. The number of hydrogen-bond donors (Lipinski definition) is 0. The summed E-state index contributed by atoms with van der Waals surface area (Å²) in [5.74, 6) is 3.66. The van der Waals surface area contributed by atoms with Crippen LogP contribution in [0.1, 0.15) is 78.1 Å². The van der Waals surface area contributed by atoms with Gasteiger partial charge in [-0.1, -0.05) is 25.5 Å². The molecule has 140 valence electrons. The molecule has 24 heavy (non-hydrogen) atoms. The van der Waals surface area contributed by atoms with Crippen LogP contribution in [0.5, 0.6) is 0 Å². The van der Waals surface area contributed by atoms with Crippen LogP contribution >= 0.6 is 0 Å². The molecule has 0 aromatic carbocycles. The molecule has 2 aliphatic rings. The SMILES string of the molecule is C/C=C\COCC1CCC([C@H]2CC[C@H](COCCCC)CC2)CC1. The molecule has 2 aliphatic carbocycles. The normalized spacial score (nSPS) is 31.6. The molecule has 0 aromatic heterocycles. The van der Waals surface area contributed by atoms with Crippen molar-refractivity contribution in [3.05, 3.63) is 12.2 Å². The second kappa shape index (κ2) is 12.1. The van der Waals surface area contributed by atoms with Gasteiger partial charge in [-0.25, -0.2) is 0 Å². The lowest BCUT2D eigenvalue weighted by molar-refractivity contribution is 0.0548. The van der Waals surface area contributed by atoms with Gasteiger partial charge in [-0.3, -0.25) is 0 Å². The minimum Gasteiger partial charge on any atom is -0.381 e. The monoisotopic (exact) mass is 336 g/mol. The first-order valence-corrected chi connectivity index (χ1v) is 10.6. The summed E-state index contributed by atoms with van der Waals surface area (Å²) in [7, 11) is 0. The topological polar surface area (TPSA) is 18.5 Å². The van der Waals surface area contributed by atoms with Crippen LogP contribution in [0.4, 0.5) is 0 Å². The molecule has 0 amide bonds. The van der Waals surface area contributed by atoms with Crippen LogP contribution in [0.3, 0.4) is 0 Å². The van der Waals surface area contributed by atoms with Crippen molar-refractivity contribution in [3.63, 3.8) is 0 Å².